The number of benzene rings is 1. The van der Waals surface area contributed by atoms with Gasteiger partial charge in [-0.3, -0.25) is 0 Å². The van der Waals surface area contributed by atoms with Gasteiger partial charge in [-0.25, -0.2) is 0 Å². The van der Waals surface area contributed by atoms with Crippen LogP contribution in [0.15, 0.2) is 35.4 Å². The van der Waals surface area contributed by atoms with E-state index in [9.17, 15) is 71.3 Å². The third-order valence-corrected chi connectivity index (χ3v) is 14.1. The zero-order valence-electron chi connectivity index (χ0n) is 30.2. The molecule has 7 nitrogen and oxygen atoms in total. The fourth-order valence-corrected chi connectivity index (χ4v) is 10.7. The van der Waals surface area contributed by atoms with Crippen molar-refractivity contribution in [3.63, 3.8) is 0 Å². The molecule has 6 atom stereocenters. The molecule has 4 aliphatic carbocycles. The molecule has 3 unspecified atom stereocenters. The van der Waals surface area contributed by atoms with Gasteiger partial charge in [-0.05, 0) is 73.6 Å². The standard InChI is InChI=1S/C35H38F14O7S/c1-25(2)16-54-28(55-17-25)12-9-23-24-20(8-11-27(23,50)15-28)22-10-13-29(51,30(36,37)33(42,43)44)26(22,3)14-21(24)18-4-6-19(7-5-18)56-57(52,53)35(48,49)32(40,41)31(38,39)34(45,46)47/h4-7,20-22,50-51H,8-17H2,1-3H3/t20?,21-,22?,26?,27-,29+/m1/s1. The van der Waals surface area contributed by atoms with Gasteiger partial charge in [0.25, 0.3) is 0 Å². The average Bonchev–Trinajstić information content (AvgIpc) is 3.35. The molecule has 1 aromatic rings. The molecule has 1 aromatic carbocycles. The number of fused-ring (bicyclic) bond motifs is 4. The fourth-order valence-electron chi connectivity index (χ4n) is 9.76. The number of aliphatic hydroxyl groups is 2. The Kier molecular flexibility index (Phi) is 9.91. The summed E-state index contributed by atoms with van der Waals surface area (Å²) in [7, 11) is -7.34. The van der Waals surface area contributed by atoms with E-state index in [0.29, 0.717) is 23.3 Å². The fraction of sp³-hybridized carbons (Fsp3) is 0.771. The number of rotatable bonds is 7. The van der Waals surface area contributed by atoms with Gasteiger partial charge in [-0.15, -0.1) is 0 Å². The third-order valence-electron chi connectivity index (χ3n) is 12.8. The number of allylic oxidation sites excluding steroid dienone is 1. The second kappa shape index (κ2) is 12.8. The van der Waals surface area contributed by atoms with Crippen LogP contribution < -0.4 is 4.18 Å². The summed E-state index contributed by atoms with van der Waals surface area (Å²) in [6.07, 6.45) is -15.3. The quantitative estimate of drug-likeness (QED) is 0.160. The van der Waals surface area contributed by atoms with Gasteiger partial charge in [0.05, 0.1) is 18.8 Å². The van der Waals surface area contributed by atoms with E-state index in [1.165, 1.54) is 0 Å². The molecule has 1 aliphatic heterocycles. The maximum absolute atomic E-state index is 15.4. The molecule has 1 heterocycles. The lowest BCUT2D eigenvalue weighted by molar-refractivity contribution is -0.382. The molecule has 1 saturated heterocycles. The van der Waals surface area contributed by atoms with Crippen LogP contribution in [0.5, 0.6) is 5.75 Å². The summed E-state index contributed by atoms with van der Waals surface area (Å²) in [6, 6.07) is 2.74. The summed E-state index contributed by atoms with van der Waals surface area (Å²) in [5.74, 6) is -26.4. The number of ether oxygens (including phenoxy) is 2. The third kappa shape index (κ3) is 6.28. The summed E-state index contributed by atoms with van der Waals surface area (Å²) < 4.78 is 234. The van der Waals surface area contributed by atoms with E-state index in [-0.39, 0.29) is 62.7 Å². The Morgan fingerprint density at radius 3 is 1.84 bits per heavy atom. The first kappa shape index (κ1) is 44.1. The molecule has 0 radical (unpaired) electrons. The molecule has 0 amide bonds. The van der Waals surface area contributed by atoms with Gasteiger partial charge in [-0.2, -0.15) is 69.9 Å². The van der Waals surface area contributed by atoms with Gasteiger partial charge in [0.1, 0.15) is 11.4 Å². The average molecular weight is 869 g/mol. The molecule has 3 saturated carbocycles. The second-order valence-electron chi connectivity index (χ2n) is 17.0. The van der Waals surface area contributed by atoms with Gasteiger partial charge in [0.15, 0.2) is 5.79 Å². The monoisotopic (exact) mass is 868 g/mol. The van der Waals surface area contributed by atoms with Crippen LogP contribution in [0.3, 0.4) is 0 Å². The van der Waals surface area contributed by atoms with Crippen LogP contribution in [-0.2, 0) is 19.6 Å². The van der Waals surface area contributed by atoms with Crippen LogP contribution in [-0.4, -0.2) is 84.2 Å². The van der Waals surface area contributed by atoms with E-state index in [1.54, 1.807) is 0 Å². The van der Waals surface area contributed by atoms with Crippen LogP contribution in [0, 0.1) is 22.7 Å². The first-order valence-electron chi connectivity index (χ1n) is 17.7. The summed E-state index contributed by atoms with van der Waals surface area (Å²) in [4.78, 5) is 0. The predicted octanol–water partition coefficient (Wildman–Crippen LogP) is 9.04. The Hall–Kier alpha value is -2.43. The van der Waals surface area contributed by atoms with Crippen molar-refractivity contribution in [2.24, 2.45) is 22.7 Å². The number of alkyl halides is 14. The highest BCUT2D eigenvalue weighted by Gasteiger charge is 2.86. The minimum Gasteiger partial charge on any atom is -0.385 e. The van der Waals surface area contributed by atoms with E-state index >= 15 is 8.78 Å². The number of hydrogen-bond acceptors (Lipinski definition) is 7. The topological polar surface area (TPSA) is 102 Å². The first-order valence-corrected chi connectivity index (χ1v) is 19.1. The van der Waals surface area contributed by atoms with Crippen LogP contribution in [0.2, 0.25) is 0 Å². The summed E-state index contributed by atoms with van der Waals surface area (Å²) >= 11 is 0. The Bertz CT molecular complexity index is 1890. The molecule has 0 aromatic heterocycles. The number of halogens is 14. The first-order chi connectivity index (χ1) is 25.6. The van der Waals surface area contributed by atoms with E-state index in [1.807, 2.05) is 13.8 Å². The van der Waals surface area contributed by atoms with Crippen LogP contribution in [0.4, 0.5) is 61.5 Å². The van der Waals surface area contributed by atoms with Crippen LogP contribution >= 0.6 is 0 Å². The lowest BCUT2D eigenvalue weighted by Gasteiger charge is -2.59. The Morgan fingerprint density at radius 2 is 1.32 bits per heavy atom. The van der Waals surface area contributed by atoms with Crippen molar-refractivity contribution in [2.75, 3.05) is 13.2 Å². The molecular formula is C35H38F14O7S. The SMILES string of the molecule is CC1(C)COC2(CCC3=C4C(CC[C@@]3(O)C2)C2CC[C@@](O)(C(F)(F)C(F)(F)F)C2(C)C[C@@H]4c2ccc(OS(=O)(=O)C(F)(F)C(F)(F)C(F)(F)C(F)(F)F)cc2)OC1. The Labute approximate surface area is 316 Å². The zero-order valence-corrected chi connectivity index (χ0v) is 31.1. The van der Waals surface area contributed by atoms with E-state index in [4.69, 9.17) is 9.47 Å². The number of hydrogen-bond donors (Lipinski definition) is 2. The molecule has 1 spiro atoms. The largest absolute Gasteiger partial charge is 0.460 e. The molecule has 5 aliphatic rings. The van der Waals surface area contributed by atoms with E-state index in [2.05, 4.69) is 4.18 Å². The minimum absolute atomic E-state index is 0.0153. The van der Waals surface area contributed by atoms with Crippen molar-refractivity contribution in [1.29, 1.82) is 0 Å². The van der Waals surface area contributed by atoms with Crippen molar-refractivity contribution >= 4 is 10.1 Å². The zero-order chi connectivity index (χ0) is 43.1. The Morgan fingerprint density at radius 1 is 0.754 bits per heavy atom. The van der Waals surface area contributed by atoms with Crippen molar-refractivity contribution in [2.45, 2.75) is 130 Å². The molecule has 6 rings (SSSR count). The molecule has 2 N–H and O–H groups in total. The van der Waals surface area contributed by atoms with Gasteiger partial charge in [0, 0.05) is 29.6 Å². The van der Waals surface area contributed by atoms with Crippen LogP contribution in [0.25, 0.3) is 0 Å². The van der Waals surface area contributed by atoms with Gasteiger partial charge < -0.3 is 23.9 Å². The molecule has 0 bridgehead atoms. The summed E-state index contributed by atoms with van der Waals surface area (Å²) in [5.41, 5.74) is -7.15. The lowest BCUT2D eigenvalue weighted by atomic mass is 9.49. The van der Waals surface area contributed by atoms with Gasteiger partial charge in [-0.1, -0.05) is 38.5 Å². The maximum atomic E-state index is 15.4. The minimum atomic E-state index is -7.58. The normalized spacial score (nSPS) is 33.8. The maximum Gasteiger partial charge on any atom is 0.460 e. The van der Waals surface area contributed by atoms with Gasteiger partial charge in [0.2, 0.25) is 0 Å². The predicted molar refractivity (Wildman–Crippen MR) is 168 cm³/mol. The van der Waals surface area contributed by atoms with Crippen LogP contribution in [0.1, 0.15) is 83.6 Å². The summed E-state index contributed by atoms with van der Waals surface area (Å²) in [6.45, 7) is 5.40. The summed E-state index contributed by atoms with van der Waals surface area (Å²) in [5, 5.41) is 16.5. The highest BCUT2D eigenvalue weighted by Crippen LogP contribution is 2.71. The van der Waals surface area contributed by atoms with E-state index < -0.39 is 104 Å². The van der Waals surface area contributed by atoms with Gasteiger partial charge >= 0.3 is 45.5 Å². The second-order valence-corrected chi connectivity index (χ2v) is 18.5. The Balaban J connectivity index is 1.41. The molecule has 22 heteroatoms. The highest BCUT2D eigenvalue weighted by molar-refractivity contribution is 7.88. The lowest BCUT2D eigenvalue weighted by Crippen LogP contribution is -2.65. The highest BCUT2D eigenvalue weighted by atomic mass is 32.2. The molecule has 324 valence electrons. The molecular weight excluding hydrogens is 830 g/mol. The molecule has 4 fully saturated rings. The van der Waals surface area contributed by atoms with Crippen molar-refractivity contribution in [3.05, 3.63) is 41.0 Å². The van der Waals surface area contributed by atoms with E-state index in [0.717, 1.165) is 19.1 Å². The smallest absolute Gasteiger partial charge is 0.385 e. The van der Waals surface area contributed by atoms with Crippen molar-refractivity contribution in [3.8, 4) is 5.75 Å². The van der Waals surface area contributed by atoms with Crippen molar-refractivity contribution < 1.29 is 93.8 Å². The molecule has 57 heavy (non-hydrogen) atoms. The van der Waals surface area contributed by atoms with Crippen molar-refractivity contribution in [1.82, 2.24) is 0 Å².